The molecule has 0 radical (unpaired) electrons. The number of likely N-dealkylation sites (N-methyl/N-ethyl adjacent to an activating group) is 1. The third-order valence-corrected chi connectivity index (χ3v) is 25.3. The SMILES string of the molecule is CCCCN(CC(O)C(Cc1ccccc1)NC(=O)c1cc(C(=O)N(CCC)CCC)cc(S(N)(=O)=O)c1)NC(=O)Cc1ccccc1.CCCN(CC(O)C(Cc1ccccc1)NC(=O)c1cc(C(=O)N(CCC)CCC)cc(S(N)(=O)=O)c1)NC(=O)Cc1ccccc1.CCCN(CCC)C(=O)c1cc(C(=O)NC(Cc2ccccc2)C(O)CN(CC)NC(=O)Cc2ccccc2)cc(S(N)(=O)=O)c1. The number of hydrogen-bond acceptors (Lipinski definition) is 21. The molecule has 9 amide bonds. The fraction of sp³-hybridized carbons (Fsp3) is 0.400. The molecule has 0 aliphatic carbocycles. The van der Waals surface area contributed by atoms with Crippen molar-refractivity contribution < 1.29 is 83.7 Å². The average Bonchev–Trinajstić information content (AvgIpc) is 0.807. The molecule has 0 aliphatic heterocycles. The van der Waals surface area contributed by atoms with E-state index < -0.39 is 102 Å². The predicted molar refractivity (Wildman–Crippen MR) is 546 cm³/mol. The van der Waals surface area contributed by atoms with Gasteiger partial charge in [0.2, 0.25) is 47.8 Å². The first kappa shape index (κ1) is 116. The molecule has 0 aromatic heterocycles. The fourth-order valence-electron chi connectivity index (χ4n) is 15.7. The number of benzene rings is 9. The van der Waals surface area contributed by atoms with Gasteiger partial charge in [0.05, 0.1) is 70.4 Å². The summed E-state index contributed by atoms with van der Waals surface area (Å²) in [7, 11) is -12.8. The van der Waals surface area contributed by atoms with Crippen molar-refractivity contribution in [2.24, 2.45) is 15.4 Å². The minimum absolute atomic E-state index is 0.00123. The van der Waals surface area contributed by atoms with Crippen molar-refractivity contribution in [2.75, 3.05) is 78.5 Å². The summed E-state index contributed by atoms with van der Waals surface area (Å²) in [5, 5.41) is 64.3. The first-order valence-corrected chi connectivity index (χ1v) is 52.7. The Hall–Kier alpha value is -12.3. The Morgan fingerprint density at radius 2 is 0.504 bits per heavy atom. The molecule has 0 aliphatic rings. The number of rotatable bonds is 54. The van der Waals surface area contributed by atoms with Crippen molar-refractivity contribution in [2.45, 2.75) is 210 Å². The Morgan fingerprint density at radius 1 is 0.284 bits per heavy atom. The molecule has 33 nitrogen and oxygen atoms in total. The van der Waals surface area contributed by atoms with Crippen molar-refractivity contribution in [3.05, 3.63) is 303 Å². The molecule has 9 rings (SSSR count). The normalized spacial score (nSPS) is 12.7. The molecule has 6 unspecified atom stereocenters. The Morgan fingerprint density at radius 3 is 0.730 bits per heavy atom. The molecule has 0 bridgehead atoms. The number of carbonyl (C=O) groups excluding carboxylic acids is 9. The number of hydrogen-bond donors (Lipinski definition) is 12. The van der Waals surface area contributed by atoms with Crippen LogP contribution in [0, 0.1) is 0 Å². The lowest BCUT2D eigenvalue weighted by atomic mass is 10.00. The van der Waals surface area contributed by atoms with Crippen LogP contribution in [0.3, 0.4) is 0 Å². The van der Waals surface area contributed by atoms with Crippen LogP contribution in [0.4, 0.5) is 0 Å². The van der Waals surface area contributed by atoms with Gasteiger partial charge in [-0.05, 0) is 159 Å². The van der Waals surface area contributed by atoms with Crippen LogP contribution >= 0.6 is 0 Å². The maximum atomic E-state index is 13.8. The molecule has 6 atom stereocenters. The van der Waals surface area contributed by atoms with E-state index in [0.29, 0.717) is 104 Å². The van der Waals surface area contributed by atoms with E-state index in [-0.39, 0.29) is 124 Å². The van der Waals surface area contributed by atoms with E-state index in [2.05, 4.69) is 32.2 Å². The van der Waals surface area contributed by atoms with E-state index in [1.54, 1.807) is 29.7 Å². The first-order chi connectivity index (χ1) is 67.3. The van der Waals surface area contributed by atoms with Gasteiger partial charge in [0.15, 0.2) is 0 Å². The highest BCUT2D eigenvalue weighted by Gasteiger charge is 2.33. The summed E-state index contributed by atoms with van der Waals surface area (Å²) < 4.78 is 74.4. The number of nitrogens with zero attached hydrogens (tertiary/aromatic N) is 6. The topological polar surface area (TPSA) is 486 Å². The third-order valence-electron chi connectivity index (χ3n) is 22.6. The zero-order chi connectivity index (χ0) is 103. The molecule has 0 saturated carbocycles. The van der Waals surface area contributed by atoms with Gasteiger partial charge < -0.3 is 46.0 Å². The minimum Gasteiger partial charge on any atom is -0.390 e. The zero-order valence-corrected chi connectivity index (χ0v) is 84.6. The maximum Gasteiger partial charge on any atom is 0.253 e. The van der Waals surface area contributed by atoms with Crippen molar-refractivity contribution in [3.8, 4) is 0 Å². The summed E-state index contributed by atoms with van der Waals surface area (Å²) >= 11 is 0. The number of aliphatic hydroxyl groups is 3. The second kappa shape index (κ2) is 59.4. The lowest BCUT2D eigenvalue weighted by Crippen LogP contribution is -2.53. The number of nitrogens with two attached hydrogens (primary N) is 3. The molecule has 36 heteroatoms. The molecular formula is C105H141N15O18S3. The molecule has 0 heterocycles. The standard InChI is InChI=1S/C36H49N5O6S.C35H47N5O6S.C34H45N5O6S/c1-4-7-20-41(39-34(43)22-28-16-12-9-13-17-28)26-33(42)32(21-27-14-10-8-11-15-27)38-35(44)29-23-30(25-31(24-29)48(37,46)47)36(45)40(18-5-2)19-6-3;1-4-17-39(18-5-2)35(44)29-22-28(23-30(24-29)47(36,45)46)34(43)37-31(20-26-13-9-7-10-14-26)32(41)25-40(19-6-3)38-33(42)21-27-15-11-8-12-16-27;1-4-17-38(18-5-2)34(43)28-21-27(22-29(23-28)46(35,44)45)33(42)36-30(19-25-13-9-7-10-14-25)31(40)24-39(6-3)37-32(41)20-26-15-11-8-12-16-26/h8-17,23-25,32-33,42H,4-7,18-22,26H2,1-3H3,(H,38,44)(H,39,43)(H2,37,46,47);7-16,22-24,31-32,41H,4-6,17-21,25H2,1-3H3,(H,37,43)(H,38,42)(H2,36,45,46);7-16,21-23,30-31,40H,4-6,17-20,24H2,1-3H3,(H,36,42)(H,37,41)(H2,35,44,45). The number of unbranched alkanes of at least 4 members (excludes halogenated alkanes) is 1. The van der Waals surface area contributed by atoms with Crippen LogP contribution < -0.4 is 47.6 Å². The van der Waals surface area contributed by atoms with E-state index in [1.165, 1.54) is 36.4 Å². The zero-order valence-electron chi connectivity index (χ0n) is 82.2. The number of hydrazine groups is 3. The van der Waals surface area contributed by atoms with Crippen molar-refractivity contribution >= 4 is 83.2 Å². The third kappa shape index (κ3) is 40.0. The van der Waals surface area contributed by atoms with Crippen LogP contribution in [0.2, 0.25) is 0 Å². The first-order valence-electron chi connectivity index (χ1n) is 48.1. The van der Waals surface area contributed by atoms with Gasteiger partial charge >= 0.3 is 0 Å². The van der Waals surface area contributed by atoms with Crippen LogP contribution in [0.1, 0.15) is 216 Å². The Balaban J connectivity index is 0.000000287. The highest BCUT2D eigenvalue weighted by molar-refractivity contribution is 7.89. The molecule has 0 saturated heterocycles. The molecular weight excluding hydrogens is 1860 g/mol. The van der Waals surface area contributed by atoms with Crippen molar-refractivity contribution in [1.29, 1.82) is 0 Å². The fourth-order valence-corrected chi connectivity index (χ4v) is 17.4. The van der Waals surface area contributed by atoms with Gasteiger partial charge in [0.1, 0.15) is 0 Å². The largest absolute Gasteiger partial charge is 0.390 e. The second-order valence-corrected chi connectivity index (χ2v) is 39.3. The number of amides is 9. The quantitative estimate of drug-likeness (QED) is 0.0158. The predicted octanol–water partition coefficient (Wildman–Crippen LogP) is 9.85. The van der Waals surface area contributed by atoms with E-state index in [0.717, 1.165) is 64.4 Å². The van der Waals surface area contributed by atoms with Crippen LogP contribution in [-0.4, -0.2) is 238 Å². The monoisotopic (exact) mass is 2000 g/mol. The van der Waals surface area contributed by atoms with Gasteiger partial charge in [-0.1, -0.05) is 251 Å². The van der Waals surface area contributed by atoms with E-state index in [1.807, 2.05) is 244 Å². The van der Waals surface area contributed by atoms with E-state index in [4.69, 9.17) is 15.4 Å². The van der Waals surface area contributed by atoms with Crippen LogP contribution in [0.15, 0.2) is 251 Å². The van der Waals surface area contributed by atoms with Crippen molar-refractivity contribution in [1.82, 2.24) is 62.0 Å². The van der Waals surface area contributed by atoms with Gasteiger partial charge in [-0.2, -0.15) is 0 Å². The number of aliphatic hydroxyl groups excluding tert-OH is 3. The van der Waals surface area contributed by atoms with Gasteiger partial charge in [0, 0.05) is 112 Å². The highest BCUT2D eigenvalue weighted by atomic mass is 32.2. The van der Waals surface area contributed by atoms with E-state index in [9.17, 15) is 83.7 Å². The summed E-state index contributed by atoms with van der Waals surface area (Å²) in [5.74, 6) is -3.99. The smallest absolute Gasteiger partial charge is 0.253 e. The van der Waals surface area contributed by atoms with Gasteiger partial charge in [-0.25, -0.2) is 55.7 Å². The summed E-state index contributed by atoms with van der Waals surface area (Å²) in [6, 6.07) is 64.2. The lowest BCUT2D eigenvalue weighted by molar-refractivity contribution is -0.127. The maximum absolute atomic E-state index is 13.8. The number of primary sulfonamides is 3. The van der Waals surface area contributed by atoms with Crippen LogP contribution in [0.5, 0.6) is 0 Å². The molecule has 141 heavy (non-hydrogen) atoms. The van der Waals surface area contributed by atoms with Crippen molar-refractivity contribution in [3.63, 3.8) is 0 Å². The molecule has 0 spiro atoms. The summed E-state index contributed by atoms with van der Waals surface area (Å²) in [5.41, 5.74) is 13.5. The van der Waals surface area contributed by atoms with Crippen LogP contribution in [-0.2, 0) is 83.0 Å². The second-order valence-electron chi connectivity index (χ2n) is 34.6. The highest BCUT2D eigenvalue weighted by Crippen LogP contribution is 2.24. The Bertz CT molecular complexity index is 5820. The van der Waals surface area contributed by atoms with Gasteiger partial charge in [0.25, 0.3) is 35.4 Å². The molecule has 9 aromatic rings. The number of carbonyl (C=O) groups is 9. The molecule has 762 valence electrons. The van der Waals surface area contributed by atoms with Crippen LogP contribution in [0.25, 0.3) is 0 Å². The van der Waals surface area contributed by atoms with Gasteiger partial charge in [-0.3, -0.25) is 59.4 Å². The summed E-state index contributed by atoms with van der Waals surface area (Å²) in [4.78, 5) is 124. The number of sulfonamides is 3. The summed E-state index contributed by atoms with van der Waals surface area (Å²) in [6.07, 6.45) is 4.32. The van der Waals surface area contributed by atoms with Gasteiger partial charge in [-0.15, -0.1) is 0 Å². The molecule has 15 N–H and O–H groups in total. The van der Waals surface area contributed by atoms with E-state index >= 15 is 0 Å². The number of nitrogens with one attached hydrogen (secondary N) is 6. The Kier molecular flexibility index (Phi) is 48.8. The Labute approximate surface area is 830 Å². The minimum atomic E-state index is -4.26. The summed E-state index contributed by atoms with van der Waals surface area (Å²) in [6.45, 7) is 21.6. The lowest BCUT2D eigenvalue weighted by Gasteiger charge is -2.30. The molecule has 9 aromatic carbocycles. The molecule has 0 fully saturated rings. The average molecular weight is 2000 g/mol.